The Hall–Kier alpha value is -4.24. The molecule has 0 aliphatic carbocycles. The Labute approximate surface area is 246 Å². The average Bonchev–Trinajstić information content (AvgIpc) is 3.02. The number of methoxy groups -OCH3 is 1. The number of rotatable bonds is 7. The predicted molar refractivity (Wildman–Crippen MR) is 158 cm³/mol. The molecular formula is C33H37N3O6. The van der Waals surface area contributed by atoms with Gasteiger partial charge in [0.25, 0.3) is 5.91 Å². The summed E-state index contributed by atoms with van der Waals surface area (Å²) >= 11 is 0. The molecule has 220 valence electrons. The number of anilines is 1. The molecule has 0 atom stereocenters. The number of piperidine rings is 2. The number of para-hydroxylation sites is 1. The lowest BCUT2D eigenvalue weighted by atomic mass is 10.00. The number of carbonyl (C=O) groups excluding carboxylic acids is 2. The maximum Gasteiger partial charge on any atom is 0.414 e. The van der Waals surface area contributed by atoms with Crippen LogP contribution in [0.3, 0.4) is 0 Å². The number of phenolic OH excluding ortho intramolecular Hbond substituents is 1. The summed E-state index contributed by atoms with van der Waals surface area (Å²) in [5.74, 6) is 1.39. The van der Waals surface area contributed by atoms with Gasteiger partial charge in [0, 0.05) is 50.4 Å². The fourth-order valence-corrected chi connectivity index (χ4v) is 6.23. The topological polar surface area (TPSA) is 91.8 Å². The summed E-state index contributed by atoms with van der Waals surface area (Å²) in [4.78, 5) is 32.1. The SMILES string of the molecule is COc1cc(OC2CCN(Cc3cccc(O)c3)CC2)ccc1C(=O)N1CCC(N2C(=O)OCc3ccccc32)CC1. The van der Waals surface area contributed by atoms with E-state index >= 15 is 0 Å². The highest BCUT2D eigenvalue weighted by Crippen LogP contribution is 2.33. The van der Waals surface area contributed by atoms with Crippen LogP contribution in [-0.2, 0) is 17.9 Å². The van der Waals surface area contributed by atoms with E-state index < -0.39 is 0 Å². The van der Waals surface area contributed by atoms with Gasteiger partial charge >= 0.3 is 6.09 Å². The zero-order valence-electron chi connectivity index (χ0n) is 23.9. The van der Waals surface area contributed by atoms with Crippen LogP contribution in [-0.4, -0.2) is 72.3 Å². The Kier molecular flexibility index (Phi) is 8.19. The van der Waals surface area contributed by atoms with E-state index in [0.29, 0.717) is 55.4 Å². The van der Waals surface area contributed by atoms with Gasteiger partial charge in [-0.25, -0.2) is 4.79 Å². The van der Waals surface area contributed by atoms with Gasteiger partial charge in [-0.05, 0) is 61.6 Å². The summed E-state index contributed by atoms with van der Waals surface area (Å²) in [5, 5.41) is 9.73. The molecule has 0 bridgehead atoms. The van der Waals surface area contributed by atoms with Crippen molar-refractivity contribution in [3.63, 3.8) is 0 Å². The van der Waals surface area contributed by atoms with Gasteiger partial charge in [-0.3, -0.25) is 14.6 Å². The zero-order valence-corrected chi connectivity index (χ0v) is 23.9. The molecule has 2 saturated heterocycles. The average molecular weight is 572 g/mol. The summed E-state index contributed by atoms with van der Waals surface area (Å²) in [6.45, 7) is 3.99. The van der Waals surface area contributed by atoms with Gasteiger partial charge in [-0.15, -0.1) is 0 Å². The van der Waals surface area contributed by atoms with Gasteiger partial charge in [0.15, 0.2) is 0 Å². The van der Waals surface area contributed by atoms with E-state index in [1.807, 2.05) is 53.4 Å². The van der Waals surface area contributed by atoms with E-state index in [1.54, 1.807) is 30.2 Å². The summed E-state index contributed by atoms with van der Waals surface area (Å²) in [5.41, 5.74) is 3.51. The van der Waals surface area contributed by atoms with Crippen LogP contribution < -0.4 is 14.4 Å². The number of benzene rings is 3. The molecule has 0 unspecified atom stereocenters. The number of nitrogens with zero attached hydrogens (tertiary/aromatic N) is 3. The summed E-state index contributed by atoms with van der Waals surface area (Å²) < 4.78 is 17.3. The Bertz CT molecular complexity index is 1430. The fraction of sp³-hybridized carbons (Fsp3) is 0.394. The number of fused-ring (bicyclic) bond motifs is 1. The number of likely N-dealkylation sites (tertiary alicyclic amines) is 2. The van der Waals surface area contributed by atoms with E-state index in [0.717, 1.165) is 49.3 Å². The third-order valence-corrected chi connectivity index (χ3v) is 8.47. The number of aromatic hydroxyl groups is 1. The van der Waals surface area contributed by atoms with Crippen molar-refractivity contribution in [2.24, 2.45) is 0 Å². The van der Waals surface area contributed by atoms with Gasteiger partial charge < -0.3 is 24.2 Å². The van der Waals surface area contributed by atoms with Crippen LogP contribution in [0.1, 0.15) is 47.2 Å². The van der Waals surface area contributed by atoms with E-state index in [1.165, 1.54) is 0 Å². The summed E-state index contributed by atoms with van der Waals surface area (Å²) in [7, 11) is 1.57. The second-order valence-electron chi connectivity index (χ2n) is 11.2. The molecule has 0 spiro atoms. The molecule has 0 saturated carbocycles. The van der Waals surface area contributed by atoms with Gasteiger partial charge in [-0.2, -0.15) is 0 Å². The first kappa shape index (κ1) is 27.9. The first-order valence-electron chi connectivity index (χ1n) is 14.7. The second-order valence-corrected chi connectivity index (χ2v) is 11.2. The number of hydrogen-bond donors (Lipinski definition) is 1. The highest BCUT2D eigenvalue weighted by atomic mass is 16.6. The Morgan fingerprint density at radius 3 is 2.50 bits per heavy atom. The third kappa shape index (κ3) is 6.01. The van der Waals surface area contributed by atoms with Crippen molar-refractivity contribution in [3.05, 3.63) is 83.4 Å². The van der Waals surface area contributed by atoms with Gasteiger partial charge in [0.05, 0.1) is 18.4 Å². The van der Waals surface area contributed by atoms with Gasteiger partial charge in [0.1, 0.15) is 30.0 Å². The first-order chi connectivity index (χ1) is 20.5. The van der Waals surface area contributed by atoms with Crippen LogP contribution >= 0.6 is 0 Å². The van der Waals surface area contributed by atoms with Crippen molar-refractivity contribution in [2.75, 3.05) is 38.2 Å². The van der Waals surface area contributed by atoms with E-state index in [-0.39, 0.29) is 24.1 Å². The molecule has 9 nitrogen and oxygen atoms in total. The van der Waals surface area contributed by atoms with Crippen molar-refractivity contribution in [2.45, 2.75) is 51.0 Å². The van der Waals surface area contributed by atoms with Crippen LogP contribution in [0.15, 0.2) is 66.7 Å². The molecular weight excluding hydrogens is 534 g/mol. The molecule has 0 radical (unpaired) electrons. The van der Waals surface area contributed by atoms with E-state index in [2.05, 4.69) is 4.90 Å². The number of carbonyl (C=O) groups is 2. The largest absolute Gasteiger partial charge is 0.508 e. The van der Waals surface area contributed by atoms with Crippen LogP contribution in [0, 0.1) is 0 Å². The maximum atomic E-state index is 13.5. The Morgan fingerprint density at radius 1 is 0.952 bits per heavy atom. The highest BCUT2D eigenvalue weighted by Gasteiger charge is 2.35. The van der Waals surface area contributed by atoms with E-state index in [9.17, 15) is 14.7 Å². The zero-order chi connectivity index (χ0) is 29.1. The minimum Gasteiger partial charge on any atom is -0.508 e. The lowest BCUT2D eigenvalue weighted by molar-refractivity contribution is 0.0704. The van der Waals surface area contributed by atoms with Crippen LogP contribution in [0.25, 0.3) is 0 Å². The monoisotopic (exact) mass is 571 g/mol. The molecule has 9 heteroatoms. The number of amides is 2. The molecule has 0 aromatic heterocycles. The number of phenols is 1. The molecule has 3 heterocycles. The van der Waals surface area contributed by atoms with Crippen LogP contribution in [0.4, 0.5) is 10.5 Å². The molecule has 3 aromatic carbocycles. The van der Waals surface area contributed by atoms with Crippen molar-refractivity contribution in [3.8, 4) is 17.2 Å². The quantitative estimate of drug-likeness (QED) is 0.417. The number of hydrogen-bond acceptors (Lipinski definition) is 7. The second kappa shape index (κ2) is 12.3. The standard InChI is InChI=1S/C33H37N3O6/c1-40-31-20-28(42-27-13-15-34(16-14-27)21-23-5-4-7-26(37)19-23)9-10-29(31)32(38)35-17-11-25(12-18-35)36-30-8-3-2-6-24(30)22-41-33(36)39/h2-10,19-20,25,27,37H,11-18,21-22H2,1H3. The highest BCUT2D eigenvalue weighted by molar-refractivity contribution is 5.97. The molecule has 2 fully saturated rings. The predicted octanol–water partition coefficient (Wildman–Crippen LogP) is 5.21. The van der Waals surface area contributed by atoms with Crippen LogP contribution in [0.5, 0.6) is 17.2 Å². The third-order valence-electron chi connectivity index (χ3n) is 8.47. The molecule has 3 aliphatic rings. The normalized spacial score (nSPS) is 18.4. The molecule has 1 N–H and O–H groups in total. The number of cyclic esters (lactones) is 1. The van der Waals surface area contributed by atoms with Crippen molar-refractivity contribution in [1.29, 1.82) is 0 Å². The molecule has 3 aromatic rings. The lowest BCUT2D eigenvalue weighted by Crippen LogP contribution is -2.50. The molecule has 42 heavy (non-hydrogen) atoms. The van der Waals surface area contributed by atoms with Crippen molar-refractivity contribution >= 4 is 17.7 Å². The smallest absolute Gasteiger partial charge is 0.414 e. The summed E-state index contributed by atoms with van der Waals surface area (Å²) in [6.07, 6.45) is 2.89. The van der Waals surface area contributed by atoms with Crippen molar-refractivity contribution < 1.29 is 28.9 Å². The van der Waals surface area contributed by atoms with Crippen LogP contribution in [0.2, 0.25) is 0 Å². The lowest BCUT2D eigenvalue weighted by Gasteiger charge is -2.40. The Balaban J connectivity index is 1.04. The van der Waals surface area contributed by atoms with Gasteiger partial charge in [-0.1, -0.05) is 30.3 Å². The maximum absolute atomic E-state index is 13.5. The first-order valence-corrected chi connectivity index (χ1v) is 14.7. The summed E-state index contributed by atoms with van der Waals surface area (Å²) in [6, 6.07) is 20.6. The van der Waals surface area contributed by atoms with Crippen molar-refractivity contribution in [1.82, 2.24) is 9.80 Å². The molecule has 6 rings (SSSR count). The van der Waals surface area contributed by atoms with Gasteiger partial charge in [0.2, 0.25) is 0 Å². The fourth-order valence-electron chi connectivity index (χ4n) is 6.23. The number of ether oxygens (including phenoxy) is 3. The minimum absolute atomic E-state index is 0.0214. The molecule has 2 amide bonds. The van der Waals surface area contributed by atoms with E-state index in [4.69, 9.17) is 14.2 Å². The molecule has 3 aliphatic heterocycles. The Morgan fingerprint density at radius 2 is 1.74 bits per heavy atom. The minimum atomic E-state index is -0.321.